The molecule has 77 heavy (non-hydrogen) atoms. The van der Waals surface area contributed by atoms with E-state index in [0.717, 1.165) is 32.1 Å². The Morgan fingerprint density at radius 2 is 1.29 bits per heavy atom. The molecule has 0 aromatic carbocycles. The van der Waals surface area contributed by atoms with Gasteiger partial charge in [-0.2, -0.15) is 0 Å². The third-order valence-electron chi connectivity index (χ3n) is 21.3. The maximum atomic E-state index is 12.5. The molecule has 426 valence electrons. The van der Waals surface area contributed by atoms with Crippen molar-refractivity contribution in [2.24, 2.45) is 35.5 Å². The van der Waals surface area contributed by atoms with E-state index in [4.69, 9.17) is 56.8 Å². The molecule has 0 unspecified atom stereocenters. The summed E-state index contributed by atoms with van der Waals surface area (Å²) in [5.41, 5.74) is -1.90. The van der Waals surface area contributed by atoms with Crippen LogP contribution in [0.15, 0.2) is 73.4 Å². The zero-order chi connectivity index (χ0) is 53.1. The highest BCUT2D eigenvalue weighted by Gasteiger charge is 2.62. The molecule has 0 amide bonds. The lowest BCUT2D eigenvalue weighted by Crippen LogP contribution is -2.63. The first kappa shape index (κ1) is 54.1. The lowest BCUT2D eigenvalue weighted by atomic mass is 9.71. The number of allylic oxidation sites excluding steroid dienone is 2. The summed E-state index contributed by atoms with van der Waals surface area (Å²) < 4.78 is 83.8. The summed E-state index contributed by atoms with van der Waals surface area (Å²) >= 11 is 0. The molecule has 1 spiro atoms. The number of aliphatic hydroxyl groups is 3. The van der Waals surface area contributed by atoms with Gasteiger partial charge in [0, 0.05) is 55.8 Å². The minimum atomic E-state index is -1.01. The van der Waals surface area contributed by atoms with Gasteiger partial charge in [0.25, 0.3) is 0 Å². The summed E-state index contributed by atoms with van der Waals surface area (Å²) in [5.74, 6) is -0.480. The molecule has 0 aromatic rings. The van der Waals surface area contributed by atoms with Crippen LogP contribution >= 0.6 is 0 Å². The maximum absolute atomic E-state index is 12.5. The first-order valence-electron chi connectivity index (χ1n) is 30.0. The number of hydrogen-bond donors (Lipinski definition) is 3. The van der Waals surface area contributed by atoms with Crippen LogP contribution in [0.2, 0.25) is 0 Å². The van der Waals surface area contributed by atoms with Gasteiger partial charge in [-0.25, -0.2) is 0 Å². The molecule has 0 radical (unpaired) electrons. The van der Waals surface area contributed by atoms with Crippen molar-refractivity contribution in [3.05, 3.63) is 73.4 Å². The Balaban J connectivity index is 0.696. The fourth-order valence-corrected chi connectivity index (χ4v) is 16.6. The van der Waals surface area contributed by atoms with Gasteiger partial charge < -0.3 is 72.2 Å². The molecule has 0 aromatic heterocycles. The molecule has 13 aliphatic rings. The zero-order valence-corrected chi connectivity index (χ0v) is 46.2. The smallest absolute Gasteiger partial charge is 0.171 e. The van der Waals surface area contributed by atoms with Crippen molar-refractivity contribution in [2.75, 3.05) is 6.61 Å². The van der Waals surface area contributed by atoms with Crippen LogP contribution in [0.3, 0.4) is 0 Å². The van der Waals surface area contributed by atoms with Crippen LogP contribution in [0.25, 0.3) is 0 Å². The SMILES string of the molecule is C=C/C=C/[C@H]1C=CC[C@@H]2O[C@@H]3C[C@@H]4O[C@@H]5C=C[C@]6(C)O[C@@H]7C[C@@H](O)[C@]8(C)O[C@@H]9C[C@H](C)C[C@@H]%10O[C@@H]%11[C@@H](C)[C@H](O)[C@@H]%12O[C@@]%13(CCCO%13)[C@@H](C)[C@H](C)[C@H]%12O[C@H]%11C[C@H]%10O[C@H]9C[C@H]8O[C@H]7C/C=C\C[C@H]6O[C@H]5C=C[C@H]4C[C@H]3[C@H](O)[C@H]2O1. The molecule has 12 heterocycles. The monoisotopic (exact) mass is 1070 g/mol. The number of hydrogen-bond acceptors (Lipinski definition) is 15. The molecule has 1 saturated carbocycles. The van der Waals surface area contributed by atoms with Crippen LogP contribution < -0.4 is 0 Å². The van der Waals surface area contributed by atoms with Gasteiger partial charge in [-0.1, -0.05) is 101 Å². The van der Waals surface area contributed by atoms with E-state index < -0.39 is 59.7 Å². The van der Waals surface area contributed by atoms with E-state index >= 15 is 0 Å². The third kappa shape index (κ3) is 9.74. The minimum Gasteiger partial charge on any atom is -0.390 e. The highest BCUT2D eigenvalue weighted by atomic mass is 16.7. The lowest BCUT2D eigenvalue weighted by Gasteiger charge is -2.53. The second kappa shape index (κ2) is 21.2. The van der Waals surface area contributed by atoms with Crippen molar-refractivity contribution in [1.29, 1.82) is 0 Å². The van der Waals surface area contributed by atoms with E-state index in [-0.39, 0.29) is 127 Å². The van der Waals surface area contributed by atoms with E-state index in [1.54, 1.807) is 6.08 Å². The Labute approximate surface area is 456 Å². The van der Waals surface area contributed by atoms with Crippen molar-refractivity contribution < 1.29 is 72.2 Å². The van der Waals surface area contributed by atoms with Gasteiger partial charge in [-0.05, 0) is 70.6 Å². The van der Waals surface area contributed by atoms with Gasteiger partial charge in [0.1, 0.15) is 35.6 Å². The molecule has 1 aliphatic carbocycles. The van der Waals surface area contributed by atoms with Gasteiger partial charge >= 0.3 is 0 Å². The minimum absolute atomic E-state index is 0.0783. The van der Waals surface area contributed by atoms with Gasteiger partial charge in [0.15, 0.2) is 5.79 Å². The molecular formula is C62H88O15. The molecule has 31 atom stereocenters. The number of ether oxygens (including phenoxy) is 12. The Morgan fingerprint density at radius 3 is 2.12 bits per heavy atom. The number of aliphatic hydroxyl groups excluding tert-OH is 3. The Bertz CT molecular complexity index is 2280. The van der Waals surface area contributed by atoms with E-state index in [2.05, 4.69) is 83.7 Å². The van der Waals surface area contributed by atoms with Crippen molar-refractivity contribution in [1.82, 2.24) is 0 Å². The quantitative estimate of drug-likeness (QED) is 0.189. The van der Waals surface area contributed by atoms with Crippen molar-refractivity contribution in [3.8, 4) is 0 Å². The van der Waals surface area contributed by atoms with E-state index in [0.29, 0.717) is 51.6 Å². The van der Waals surface area contributed by atoms with E-state index in [1.165, 1.54) is 0 Å². The highest BCUT2D eigenvalue weighted by molar-refractivity contribution is 5.20. The van der Waals surface area contributed by atoms with Crippen LogP contribution in [0.4, 0.5) is 0 Å². The fourth-order valence-electron chi connectivity index (χ4n) is 16.6. The molecule has 0 bridgehead atoms. The lowest BCUT2D eigenvalue weighted by molar-refractivity contribution is -0.339. The second-order valence-corrected chi connectivity index (χ2v) is 26.2. The molecule has 15 nitrogen and oxygen atoms in total. The molecule has 8 saturated heterocycles. The molecule has 13 rings (SSSR count). The average molecular weight is 1070 g/mol. The standard InChI is InChI=1S/C62H88O15/c1-8-9-14-37-15-12-17-42-58(67-37)55(65)38-27-36-19-20-40-41(68-43(36)28-44(38)69-42)21-23-60(6)52(71-40)18-11-10-16-39-49(75-60)30-51(63)61(7)53(72-39)31-47-48(76-61)26-32(2)25-45-46(70-47)29-50-56(73-45)34(4)54(64)59-57(74-50)33(3)35(5)62(77-59)22-13-24-66-62/h8-12,14-15,19-21,23,32-59,63-65H,1,13,16-18,22,24-31H2,2-7H3/b11-10-,14-9+/t32-,33+,34+,35+,36+,37+,38-,39+,40+,41-,42+,43+,44-,45+,46-,47+,48-,49-,50+,51-,52-,53-,54+,55+,56-,57-,58+,59+,60+,61+,62+/m1/s1. The zero-order valence-electron chi connectivity index (χ0n) is 46.2. The van der Waals surface area contributed by atoms with Crippen molar-refractivity contribution in [2.45, 2.75) is 270 Å². The summed E-state index contributed by atoms with van der Waals surface area (Å²) in [6.07, 6.45) is 22.4. The van der Waals surface area contributed by atoms with Crippen LogP contribution in [-0.4, -0.2) is 173 Å². The van der Waals surface area contributed by atoms with Gasteiger partial charge in [0.05, 0.1) is 116 Å². The highest BCUT2D eigenvalue weighted by Crippen LogP contribution is 2.52. The summed E-state index contributed by atoms with van der Waals surface area (Å²) in [4.78, 5) is 0. The number of fused-ring (bicyclic) bond motifs is 11. The van der Waals surface area contributed by atoms with E-state index in [1.807, 2.05) is 25.2 Å². The summed E-state index contributed by atoms with van der Waals surface area (Å²) in [5, 5.41) is 36.4. The first-order valence-corrected chi connectivity index (χ1v) is 30.0. The van der Waals surface area contributed by atoms with Crippen LogP contribution in [-0.2, 0) is 56.8 Å². The fraction of sp³-hybridized carbons (Fsp3) is 0.806. The molecule has 15 heteroatoms. The molecule has 3 N–H and O–H groups in total. The van der Waals surface area contributed by atoms with Crippen LogP contribution in [0.1, 0.15) is 119 Å². The van der Waals surface area contributed by atoms with Gasteiger partial charge in [-0.15, -0.1) is 0 Å². The van der Waals surface area contributed by atoms with Crippen molar-refractivity contribution >= 4 is 0 Å². The van der Waals surface area contributed by atoms with Crippen LogP contribution in [0.5, 0.6) is 0 Å². The van der Waals surface area contributed by atoms with Crippen LogP contribution in [0, 0.1) is 35.5 Å². The Hall–Kier alpha value is -2.16. The molecule has 9 fully saturated rings. The maximum Gasteiger partial charge on any atom is 0.171 e. The normalized spacial score (nSPS) is 57.5. The average Bonchev–Trinajstić information content (AvgIpc) is 3.56. The second-order valence-electron chi connectivity index (χ2n) is 26.2. The van der Waals surface area contributed by atoms with E-state index in [9.17, 15) is 15.3 Å². The predicted octanol–water partition coefficient (Wildman–Crippen LogP) is 7.09. The first-order chi connectivity index (χ1) is 37.1. The summed E-state index contributed by atoms with van der Waals surface area (Å²) in [6, 6.07) is 0. The topological polar surface area (TPSA) is 171 Å². The number of rotatable bonds is 2. The Kier molecular flexibility index (Phi) is 14.9. The molecular weight excluding hydrogens is 985 g/mol. The van der Waals surface area contributed by atoms with Gasteiger partial charge in [-0.3, -0.25) is 0 Å². The molecule has 12 aliphatic heterocycles. The predicted molar refractivity (Wildman–Crippen MR) is 282 cm³/mol. The van der Waals surface area contributed by atoms with Gasteiger partial charge in [0.2, 0.25) is 0 Å². The largest absolute Gasteiger partial charge is 0.390 e. The summed E-state index contributed by atoms with van der Waals surface area (Å²) in [7, 11) is 0. The van der Waals surface area contributed by atoms with Crippen molar-refractivity contribution in [3.63, 3.8) is 0 Å². The third-order valence-corrected chi connectivity index (χ3v) is 21.3. The Morgan fingerprint density at radius 1 is 0.545 bits per heavy atom. The summed E-state index contributed by atoms with van der Waals surface area (Å²) in [6.45, 7) is 17.3.